The fraction of sp³-hybridized carbons (Fsp3) is 0.647. The molecule has 0 saturated heterocycles. The minimum absolute atomic E-state index is 0.0400. The molecule has 1 aliphatic rings. The summed E-state index contributed by atoms with van der Waals surface area (Å²) < 4.78 is 11.1. The van der Waals surface area contributed by atoms with E-state index in [9.17, 15) is 0 Å². The minimum atomic E-state index is 0.0400. The van der Waals surface area contributed by atoms with Crippen LogP contribution in [-0.4, -0.2) is 26.4 Å². The van der Waals surface area contributed by atoms with E-state index in [0.29, 0.717) is 5.02 Å². The van der Waals surface area contributed by atoms with Crippen molar-refractivity contribution in [2.75, 3.05) is 20.8 Å². The first-order valence-corrected chi connectivity index (χ1v) is 8.14. The summed E-state index contributed by atoms with van der Waals surface area (Å²) in [5.41, 5.74) is 1.26. The van der Waals surface area contributed by atoms with E-state index in [4.69, 9.17) is 21.1 Å². The van der Waals surface area contributed by atoms with Gasteiger partial charge in [0.25, 0.3) is 0 Å². The van der Waals surface area contributed by atoms with Gasteiger partial charge in [-0.2, -0.15) is 0 Å². The van der Waals surface area contributed by atoms with Crippen molar-refractivity contribution in [1.29, 1.82) is 0 Å². The number of halogens is 1. The summed E-state index contributed by atoms with van der Waals surface area (Å²) in [5.74, 6) is 0.734. The number of hydrogen-bond acceptors (Lipinski definition) is 3. The summed E-state index contributed by atoms with van der Waals surface area (Å²) in [6.07, 6.45) is 5.67. The third kappa shape index (κ3) is 3.91. The lowest BCUT2D eigenvalue weighted by Crippen LogP contribution is -2.43. The first kappa shape index (κ1) is 16.6. The van der Waals surface area contributed by atoms with Crippen molar-refractivity contribution in [3.63, 3.8) is 0 Å². The van der Waals surface area contributed by atoms with Gasteiger partial charge in [-0.3, -0.25) is 0 Å². The fourth-order valence-electron chi connectivity index (χ4n) is 2.95. The van der Waals surface area contributed by atoms with Crippen molar-refractivity contribution in [3.8, 4) is 5.75 Å². The van der Waals surface area contributed by atoms with Crippen molar-refractivity contribution in [1.82, 2.24) is 5.32 Å². The van der Waals surface area contributed by atoms with E-state index >= 15 is 0 Å². The zero-order valence-corrected chi connectivity index (χ0v) is 14.0. The van der Waals surface area contributed by atoms with Gasteiger partial charge in [-0.1, -0.05) is 24.6 Å². The number of benzene rings is 1. The molecule has 1 fully saturated rings. The average molecular weight is 312 g/mol. The number of nitrogens with one attached hydrogen (secondary N) is 1. The van der Waals surface area contributed by atoms with Crippen LogP contribution in [0.5, 0.6) is 5.75 Å². The molecule has 1 N–H and O–H groups in total. The predicted octanol–water partition coefficient (Wildman–Crippen LogP) is 4.35. The van der Waals surface area contributed by atoms with Crippen LogP contribution < -0.4 is 10.1 Å². The van der Waals surface area contributed by atoms with Gasteiger partial charge < -0.3 is 14.8 Å². The maximum absolute atomic E-state index is 6.13. The van der Waals surface area contributed by atoms with Crippen LogP contribution in [0.3, 0.4) is 0 Å². The summed E-state index contributed by atoms with van der Waals surface area (Å²) in [6.45, 7) is 3.18. The second kappa shape index (κ2) is 7.48. The van der Waals surface area contributed by atoms with Crippen molar-refractivity contribution in [3.05, 3.63) is 28.8 Å². The number of methoxy groups -OCH3 is 2. The van der Waals surface area contributed by atoms with Crippen LogP contribution in [0.15, 0.2) is 18.2 Å². The molecule has 21 heavy (non-hydrogen) atoms. The molecule has 0 aromatic heterocycles. The Morgan fingerprint density at radius 2 is 2.10 bits per heavy atom. The molecule has 0 radical (unpaired) electrons. The number of ether oxygens (including phenoxy) is 2. The molecule has 1 atom stereocenters. The molecule has 0 heterocycles. The Labute approximate surface area is 133 Å². The Morgan fingerprint density at radius 1 is 1.33 bits per heavy atom. The quantitative estimate of drug-likeness (QED) is 0.774. The van der Waals surface area contributed by atoms with Gasteiger partial charge >= 0.3 is 0 Å². The van der Waals surface area contributed by atoms with Gasteiger partial charge in [0.15, 0.2) is 0 Å². The van der Waals surface area contributed by atoms with Crippen LogP contribution in [0.1, 0.15) is 50.6 Å². The first-order chi connectivity index (χ1) is 10.1. The molecule has 118 valence electrons. The summed E-state index contributed by atoms with van der Waals surface area (Å²) >= 11 is 6.13. The highest BCUT2D eigenvalue weighted by atomic mass is 35.5. The van der Waals surface area contributed by atoms with E-state index in [-0.39, 0.29) is 11.6 Å². The van der Waals surface area contributed by atoms with E-state index in [1.807, 2.05) is 19.2 Å². The second-order valence-electron chi connectivity index (χ2n) is 5.85. The zero-order valence-electron chi connectivity index (χ0n) is 13.2. The molecular weight excluding hydrogens is 286 g/mol. The maximum atomic E-state index is 6.13. The summed E-state index contributed by atoms with van der Waals surface area (Å²) in [5, 5.41) is 4.29. The van der Waals surface area contributed by atoms with Gasteiger partial charge in [-0.15, -0.1) is 0 Å². The average Bonchev–Trinajstić information content (AvgIpc) is 2.47. The number of hydrogen-bond donors (Lipinski definition) is 1. The zero-order chi connectivity index (χ0) is 15.3. The normalized spacial score (nSPS) is 18.1. The summed E-state index contributed by atoms with van der Waals surface area (Å²) in [4.78, 5) is 0. The van der Waals surface area contributed by atoms with Crippen LogP contribution in [-0.2, 0) is 4.74 Å². The molecule has 2 rings (SSSR count). The second-order valence-corrected chi connectivity index (χ2v) is 6.25. The van der Waals surface area contributed by atoms with E-state index in [2.05, 4.69) is 18.3 Å². The van der Waals surface area contributed by atoms with E-state index in [1.165, 1.54) is 12.0 Å². The van der Waals surface area contributed by atoms with E-state index < -0.39 is 0 Å². The molecule has 1 unspecified atom stereocenters. The largest absolute Gasteiger partial charge is 0.495 e. The standard InChI is InChI=1S/C17H26ClNO2/c1-4-10-19-15(12-17(21-3)8-5-9-17)13-6-7-14(18)16(11-13)20-2/h6-7,11,15,19H,4-5,8-10,12H2,1-3H3. The molecule has 0 amide bonds. The smallest absolute Gasteiger partial charge is 0.137 e. The summed E-state index contributed by atoms with van der Waals surface area (Å²) in [6, 6.07) is 6.31. The molecule has 0 spiro atoms. The Hall–Kier alpha value is -0.770. The third-order valence-electron chi connectivity index (χ3n) is 4.49. The van der Waals surface area contributed by atoms with Gasteiger partial charge in [0.2, 0.25) is 0 Å². The maximum Gasteiger partial charge on any atom is 0.137 e. The van der Waals surface area contributed by atoms with Crippen molar-refractivity contribution >= 4 is 11.6 Å². The molecule has 0 bridgehead atoms. The molecule has 3 nitrogen and oxygen atoms in total. The minimum Gasteiger partial charge on any atom is -0.495 e. The third-order valence-corrected chi connectivity index (χ3v) is 4.80. The SMILES string of the molecule is CCCNC(CC1(OC)CCC1)c1ccc(Cl)c(OC)c1. The molecule has 4 heteroatoms. The highest BCUT2D eigenvalue weighted by Gasteiger charge is 2.39. The van der Waals surface area contributed by atoms with Gasteiger partial charge in [0, 0.05) is 13.2 Å². The lowest BCUT2D eigenvalue weighted by Gasteiger charge is -2.43. The Balaban J connectivity index is 2.18. The van der Waals surface area contributed by atoms with E-state index in [0.717, 1.165) is 38.0 Å². The Morgan fingerprint density at radius 3 is 2.62 bits per heavy atom. The van der Waals surface area contributed by atoms with E-state index in [1.54, 1.807) is 7.11 Å². The molecule has 1 aliphatic carbocycles. The highest BCUT2D eigenvalue weighted by Crippen LogP contribution is 2.42. The van der Waals surface area contributed by atoms with Gasteiger partial charge in [0.05, 0.1) is 17.7 Å². The molecular formula is C17H26ClNO2. The van der Waals surface area contributed by atoms with Gasteiger partial charge in [-0.25, -0.2) is 0 Å². The van der Waals surface area contributed by atoms with Gasteiger partial charge in [-0.05, 0) is 56.3 Å². The lowest BCUT2D eigenvalue weighted by atomic mass is 9.74. The highest BCUT2D eigenvalue weighted by molar-refractivity contribution is 6.32. The Bertz CT molecular complexity index is 455. The summed E-state index contributed by atoms with van der Waals surface area (Å²) in [7, 11) is 3.49. The molecule has 1 aromatic carbocycles. The monoisotopic (exact) mass is 311 g/mol. The van der Waals surface area contributed by atoms with Crippen LogP contribution >= 0.6 is 11.6 Å². The molecule has 1 saturated carbocycles. The van der Waals surface area contributed by atoms with Crippen LogP contribution in [0, 0.1) is 0 Å². The fourth-order valence-corrected chi connectivity index (χ4v) is 3.15. The molecule has 1 aromatic rings. The Kier molecular flexibility index (Phi) is 5.91. The van der Waals surface area contributed by atoms with Crippen LogP contribution in [0.2, 0.25) is 5.02 Å². The topological polar surface area (TPSA) is 30.5 Å². The van der Waals surface area contributed by atoms with Crippen LogP contribution in [0.25, 0.3) is 0 Å². The van der Waals surface area contributed by atoms with Crippen molar-refractivity contribution in [2.45, 2.75) is 50.7 Å². The predicted molar refractivity (Wildman–Crippen MR) is 87.2 cm³/mol. The van der Waals surface area contributed by atoms with Crippen LogP contribution in [0.4, 0.5) is 0 Å². The van der Waals surface area contributed by atoms with Crippen molar-refractivity contribution < 1.29 is 9.47 Å². The first-order valence-electron chi connectivity index (χ1n) is 7.76. The van der Waals surface area contributed by atoms with Gasteiger partial charge in [0.1, 0.15) is 5.75 Å². The lowest BCUT2D eigenvalue weighted by molar-refractivity contribution is -0.0838. The molecule has 0 aliphatic heterocycles. The van der Waals surface area contributed by atoms with Crippen molar-refractivity contribution in [2.24, 2.45) is 0 Å². The number of rotatable bonds is 8.